The zero-order chi connectivity index (χ0) is 15.5. The molecule has 1 heterocycles. The third-order valence-electron chi connectivity index (χ3n) is 3.72. The molecule has 0 aliphatic heterocycles. The molecule has 0 aliphatic carbocycles. The van der Waals surface area contributed by atoms with Gasteiger partial charge in [0.1, 0.15) is 5.82 Å². The van der Waals surface area contributed by atoms with E-state index < -0.39 is 0 Å². The highest BCUT2D eigenvalue weighted by atomic mass is 79.9. The van der Waals surface area contributed by atoms with Crippen molar-refractivity contribution in [3.8, 4) is 10.4 Å². The Kier molecular flexibility index (Phi) is 5.34. The molecule has 22 heavy (non-hydrogen) atoms. The average Bonchev–Trinajstić information content (AvgIpc) is 2.99. The van der Waals surface area contributed by atoms with E-state index in [2.05, 4.69) is 50.1 Å². The summed E-state index contributed by atoms with van der Waals surface area (Å²) in [7, 11) is 0. The minimum absolute atomic E-state index is 0.188. The van der Waals surface area contributed by atoms with Gasteiger partial charge in [-0.05, 0) is 47.9 Å². The summed E-state index contributed by atoms with van der Waals surface area (Å²) in [5.41, 5.74) is 3.82. The molecule has 3 aromatic rings. The highest BCUT2D eigenvalue weighted by molar-refractivity contribution is 9.23. The highest BCUT2D eigenvalue weighted by Crippen LogP contribution is 2.29. The molecule has 0 aliphatic rings. The lowest BCUT2D eigenvalue weighted by molar-refractivity contribution is 0.628. The summed E-state index contributed by atoms with van der Waals surface area (Å²) in [4.78, 5) is 2.54. The summed E-state index contributed by atoms with van der Waals surface area (Å²) in [5.74, 6) is -0.188. The maximum absolute atomic E-state index is 13.0. The van der Waals surface area contributed by atoms with Crippen LogP contribution in [0.2, 0.25) is 0 Å². The molecule has 0 radical (unpaired) electrons. The van der Waals surface area contributed by atoms with E-state index >= 15 is 0 Å². The van der Waals surface area contributed by atoms with Crippen LogP contribution in [0.4, 0.5) is 4.39 Å². The van der Waals surface area contributed by atoms with Gasteiger partial charge in [0, 0.05) is 16.2 Å². The second kappa shape index (κ2) is 7.26. The van der Waals surface area contributed by atoms with Crippen LogP contribution in [-0.4, -0.2) is 18.2 Å². The van der Waals surface area contributed by atoms with Crippen molar-refractivity contribution in [1.29, 1.82) is 0 Å². The predicted octanol–water partition coefficient (Wildman–Crippen LogP) is 5.09. The van der Waals surface area contributed by atoms with Gasteiger partial charge < -0.3 is 0 Å². The standard InChI is InChI=1S/C18H14FS.BrH.Mg/c1-13-4-2-3-5-15(13)12-17-10-11-18(20-17)14-6-8-16(19)9-7-14;;/h2,4-11H,12H2,1H3;1H;/q;;+1/p-1. The van der Waals surface area contributed by atoms with E-state index in [1.165, 1.54) is 36.7 Å². The largest absolute Gasteiger partial charge is 0.506 e. The predicted molar refractivity (Wildman–Crippen MR) is 98.0 cm³/mol. The maximum atomic E-state index is 13.0. The van der Waals surface area contributed by atoms with E-state index in [0.717, 1.165) is 12.0 Å². The quantitative estimate of drug-likeness (QED) is 0.549. The molecule has 0 unspecified atom stereocenters. The van der Waals surface area contributed by atoms with Crippen LogP contribution in [0.3, 0.4) is 0 Å². The summed E-state index contributed by atoms with van der Waals surface area (Å²) in [6.07, 6.45) is 0.965. The number of hydrogen-bond acceptors (Lipinski definition) is 1. The van der Waals surface area contributed by atoms with E-state index in [0.29, 0.717) is 0 Å². The third-order valence-corrected chi connectivity index (χ3v) is 7.55. The average molecular weight is 386 g/mol. The normalized spacial score (nSPS) is 10.5. The molecule has 4 heteroatoms. The molecular formula is C18H14BrFMgS. The molecule has 1 aromatic heterocycles. The molecule has 0 bridgehead atoms. The van der Waals surface area contributed by atoms with Gasteiger partial charge in [-0.25, -0.2) is 4.39 Å². The number of halogens is 2. The van der Waals surface area contributed by atoms with Gasteiger partial charge >= 0.3 is 18.2 Å². The summed E-state index contributed by atoms with van der Waals surface area (Å²) >= 11 is 5.14. The summed E-state index contributed by atoms with van der Waals surface area (Å²) in [6.45, 7) is 2.17. The number of rotatable bonds is 4. The second-order valence-electron chi connectivity index (χ2n) is 5.34. The fraction of sp³-hybridized carbons (Fsp3) is 0.111. The van der Waals surface area contributed by atoms with Crippen molar-refractivity contribution in [2.75, 3.05) is 0 Å². The monoisotopic (exact) mass is 384 g/mol. The Balaban J connectivity index is 1.84. The number of benzene rings is 2. The van der Waals surface area contributed by atoms with E-state index in [4.69, 9.17) is 0 Å². The molecule has 2 aromatic carbocycles. The number of hydrogen-bond donors (Lipinski definition) is 0. The van der Waals surface area contributed by atoms with Crippen LogP contribution in [0.5, 0.6) is 0 Å². The lowest BCUT2D eigenvalue weighted by atomic mass is 10.1. The van der Waals surface area contributed by atoms with Crippen LogP contribution in [0.25, 0.3) is 10.4 Å². The van der Waals surface area contributed by atoms with Crippen molar-refractivity contribution in [3.63, 3.8) is 0 Å². The third kappa shape index (κ3) is 3.80. The van der Waals surface area contributed by atoms with Crippen molar-refractivity contribution in [1.82, 2.24) is 0 Å². The fourth-order valence-electron chi connectivity index (χ4n) is 2.43. The van der Waals surface area contributed by atoms with Crippen LogP contribution in [0.15, 0.2) is 54.6 Å². The van der Waals surface area contributed by atoms with Gasteiger partial charge in [0.05, 0.1) is 0 Å². The van der Waals surface area contributed by atoms with Crippen LogP contribution in [0, 0.1) is 12.7 Å². The van der Waals surface area contributed by atoms with Gasteiger partial charge in [0.25, 0.3) is 0 Å². The molecule has 0 saturated carbocycles. The Morgan fingerprint density at radius 3 is 2.55 bits per heavy atom. The van der Waals surface area contributed by atoms with Crippen molar-refractivity contribution >= 4 is 46.1 Å². The molecule has 0 atom stereocenters. The summed E-state index contributed by atoms with van der Waals surface area (Å²) < 4.78 is 14.5. The van der Waals surface area contributed by atoms with Crippen LogP contribution >= 0.6 is 24.2 Å². The molecule has 0 saturated heterocycles. The summed E-state index contributed by atoms with van der Waals surface area (Å²) in [5, 5.41) is 0. The molecule has 0 amide bonds. The fourth-order valence-corrected chi connectivity index (χ4v) is 5.04. The molecule has 3 rings (SSSR count). The van der Waals surface area contributed by atoms with Gasteiger partial charge in [-0.1, -0.05) is 30.3 Å². The number of thiophene rings is 1. The first-order valence-corrected chi connectivity index (χ1v) is 12.6. The molecule has 0 nitrogen and oxygen atoms in total. The van der Waals surface area contributed by atoms with Crippen molar-refractivity contribution in [3.05, 3.63) is 76.4 Å². The molecule has 0 fully saturated rings. The van der Waals surface area contributed by atoms with Crippen LogP contribution in [-0.2, 0) is 6.42 Å². The second-order valence-corrected chi connectivity index (χ2v) is 9.28. The smallest absolute Gasteiger partial charge is 0.296 e. The van der Waals surface area contributed by atoms with E-state index in [9.17, 15) is 4.39 Å². The minimum Gasteiger partial charge on any atom is -0.296 e. The summed E-state index contributed by atoms with van der Waals surface area (Å²) in [6, 6.07) is 17.8. The van der Waals surface area contributed by atoms with Crippen molar-refractivity contribution in [2.24, 2.45) is 0 Å². The van der Waals surface area contributed by atoms with Crippen molar-refractivity contribution in [2.45, 2.75) is 13.3 Å². The Morgan fingerprint density at radius 2 is 1.82 bits per heavy atom. The highest BCUT2D eigenvalue weighted by Gasteiger charge is 2.07. The van der Waals surface area contributed by atoms with Crippen molar-refractivity contribution < 1.29 is 4.39 Å². The van der Waals surface area contributed by atoms with Gasteiger partial charge in [-0.15, -0.1) is 11.3 Å². The molecule has 108 valence electrons. The van der Waals surface area contributed by atoms with E-state index in [1.54, 1.807) is 11.3 Å². The van der Waals surface area contributed by atoms with Gasteiger partial charge in [0.2, 0.25) is 0 Å². The van der Waals surface area contributed by atoms with Crippen LogP contribution in [0.1, 0.15) is 16.0 Å². The first-order valence-electron chi connectivity index (χ1n) is 7.15. The van der Waals surface area contributed by atoms with Crippen LogP contribution < -0.4 is 3.69 Å². The minimum atomic E-state index is -0.295. The number of aryl methyl sites for hydroxylation is 1. The molecule has 0 spiro atoms. The first kappa shape index (κ1) is 16.2. The van der Waals surface area contributed by atoms with E-state index in [1.807, 2.05) is 12.1 Å². The lowest BCUT2D eigenvalue weighted by Crippen LogP contribution is -2.09. The Hall–Kier alpha value is -0.684. The maximum Gasteiger partial charge on any atom is 0.506 e. The lowest BCUT2D eigenvalue weighted by Gasteiger charge is -2.07. The van der Waals surface area contributed by atoms with Gasteiger partial charge in [-0.3, -0.25) is 12.9 Å². The SMILES string of the molecule is Cc1cc[c]([Mg][Br])cc1Cc1ccc(-c2ccc(F)cc2)s1. The van der Waals surface area contributed by atoms with Gasteiger partial charge in [0.15, 0.2) is 0 Å². The molecular weight excluding hydrogens is 371 g/mol. The zero-order valence-electron chi connectivity index (χ0n) is 12.3. The zero-order valence-corrected chi connectivity index (χ0v) is 16.1. The van der Waals surface area contributed by atoms with E-state index in [-0.39, 0.29) is 24.0 Å². The first-order chi connectivity index (χ1) is 10.7. The Morgan fingerprint density at radius 1 is 1.05 bits per heavy atom. The van der Waals surface area contributed by atoms with Gasteiger partial charge in [-0.2, -0.15) is 3.69 Å². The topological polar surface area (TPSA) is 0 Å². The molecule has 0 N–H and O–H groups in total. The Labute approximate surface area is 150 Å². The Bertz CT molecular complexity index is 780.